The van der Waals surface area contributed by atoms with Gasteiger partial charge >= 0.3 is 0 Å². The molecule has 0 spiro atoms. The van der Waals surface area contributed by atoms with E-state index in [1.807, 2.05) is 19.1 Å². The summed E-state index contributed by atoms with van der Waals surface area (Å²) >= 11 is 0. The highest BCUT2D eigenvalue weighted by atomic mass is 16.5. The highest BCUT2D eigenvalue weighted by Crippen LogP contribution is 2.26. The average Bonchev–Trinajstić information content (AvgIpc) is 2.68. The lowest BCUT2D eigenvalue weighted by molar-refractivity contribution is 0.00663. The maximum atomic E-state index is 6.12. The van der Waals surface area contributed by atoms with Crippen molar-refractivity contribution >= 4 is 0 Å². The van der Waals surface area contributed by atoms with E-state index in [9.17, 15) is 0 Å². The van der Waals surface area contributed by atoms with Gasteiger partial charge in [0.15, 0.2) is 0 Å². The van der Waals surface area contributed by atoms with Gasteiger partial charge in [-0.2, -0.15) is 0 Å². The zero-order chi connectivity index (χ0) is 13.8. The third kappa shape index (κ3) is 4.83. The van der Waals surface area contributed by atoms with Crippen LogP contribution in [0.5, 0.6) is 0 Å². The van der Waals surface area contributed by atoms with E-state index in [1.165, 1.54) is 0 Å². The minimum Gasteiger partial charge on any atom is -0.464 e. The molecule has 1 aromatic rings. The Labute approximate surface area is 111 Å². The van der Waals surface area contributed by atoms with Crippen molar-refractivity contribution in [1.29, 1.82) is 0 Å². The average molecular weight is 253 g/mol. The van der Waals surface area contributed by atoms with Crippen molar-refractivity contribution in [3.05, 3.63) is 23.7 Å². The molecule has 0 radical (unpaired) electrons. The predicted octanol–water partition coefficient (Wildman–Crippen LogP) is 3.82. The molecule has 18 heavy (non-hydrogen) atoms. The third-order valence-corrected chi connectivity index (χ3v) is 3.05. The van der Waals surface area contributed by atoms with Crippen molar-refractivity contribution in [3.63, 3.8) is 0 Å². The largest absolute Gasteiger partial charge is 0.464 e. The molecule has 2 atom stereocenters. The summed E-state index contributed by atoms with van der Waals surface area (Å²) < 4.78 is 11.6. The first-order valence-electron chi connectivity index (χ1n) is 6.77. The van der Waals surface area contributed by atoms with Crippen molar-refractivity contribution in [2.75, 3.05) is 6.61 Å². The second-order valence-electron chi connectivity index (χ2n) is 6.12. The summed E-state index contributed by atoms with van der Waals surface area (Å²) in [6.07, 6.45) is 1.76. The van der Waals surface area contributed by atoms with Crippen molar-refractivity contribution < 1.29 is 9.15 Å². The van der Waals surface area contributed by atoms with Gasteiger partial charge in [0.1, 0.15) is 17.6 Å². The van der Waals surface area contributed by atoms with Gasteiger partial charge in [0.05, 0.1) is 0 Å². The molecular weight excluding hydrogens is 226 g/mol. The molecule has 0 aromatic carbocycles. The number of furan rings is 1. The van der Waals surface area contributed by atoms with Crippen LogP contribution in [0.4, 0.5) is 0 Å². The lowest BCUT2D eigenvalue weighted by Gasteiger charge is -2.24. The van der Waals surface area contributed by atoms with Gasteiger partial charge in [0.2, 0.25) is 0 Å². The van der Waals surface area contributed by atoms with Gasteiger partial charge in [-0.25, -0.2) is 0 Å². The zero-order valence-electron chi connectivity index (χ0n) is 12.3. The molecule has 0 amide bonds. The highest BCUT2D eigenvalue weighted by molar-refractivity contribution is 5.10. The van der Waals surface area contributed by atoms with Crippen molar-refractivity contribution in [1.82, 2.24) is 0 Å². The molecule has 3 heteroatoms. The molecule has 1 aromatic heterocycles. The van der Waals surface area contributed by atoms with E-state index in [2.05, 4.69) is 27.7 Å². The summed E-state index contributed by atoms with van der Waals surface area (Å²) in [5, 5.41) is 0. The minimum absolute atomic E-state index is 0.0180. The van der Waals surface area contributed by atoms with Gasteiger partial charge in [-0.1, -0.05) is 27.7 Å². The maximum Gasteiger partial charge on any atom is 0.134 e. The molecule has 0 fully saturated rings. The lowest BCUT2D eigenvalue weighted by atomic mass is 9.93. The van der Waals surface area contributed by atoms with E-state index in [-0.39, 0.29) is 17.6 Å². The van der Waals surface area contributed by atoms with Crippen LogP contribution in [0, 0.1) is 12.3 Å². The number of hydrogen-bond donors (Lipinski definition) is 1. The molecule has 1 heterocycles. The van der Waals surface area contributed by atoms with Crippen LogP contribution in [0.3, 0.4) is 0 Å². The Morgan fingerprint density at radius 1 is 1.33 bits per heavy atom. The maximum absolute atomic E-state index is 6.12. The molecule has 2 unspecified atom stereocenters. The van der Waals surface area contributed by atoms with Crippen molar-refractivity contribution in [3.8, 4) is 0 Å². The first-order chi connectivity index (χ1) is 8.33. The second kappa shape index (κ2) is 6.39. The standard InChI is InChI=1S/C15H27NO2/c1-6-12(16)14(13-8-7-11(2)18-13)17-10-9-15(3,4)5/h7-8,12,14H,6,9-10,16H2,1-5H3. The molecule has 2 N–H and O–H groups in total. The Kier molecular flexibility index (Phi) is 5.42. The second-order valence-corrected chi connectivity index (χ2v) is 6.12. The predicted molar refractivity (Wildman–Crippen MR) is 74.5 cm³/mol. The van der Waals surface area contributed by atoms with Crippen LogP contribution in [0.1, 0.15) is 58.2 Å². The summed E-state index contributed by atoms with van der Waals surface area (Å²) in [4.78, 5) is 0. The SMILES string of the molecule is CCC(N)C(OCCC(C)(C)C)c1ccc(C)o1. The quantitative estimate of drug-likeness (QED) is 0.838. The summed E-state index contributed by atoms with van der Waals surface area (Å²) in [5.74, 6) is 1.74. The number of rotatable bonds is 6. The molecule has 3 nitrogen and oxygen atoms in total. The molecule has 0 bridgehead atoms. The molecule has 0 aliphatic heterocycles. The van der Waals surface area contributed by atoms with E-state index in [4.69, 9.17) is 14.9 Å². The van der Waals surface area contributed by atoms with Crippen LogP contribution in [0.25, 0.3) is 0 Å². The fourth-order valence-corrected chi connectivity index (χ4v) is 1.73. The van der Waals surface area contributed by atoms with Gasteiger partial charge in [-0.3, -0.25) is 0 Å². The van der Waals surface area contributed by atoms with E-state index < -0.39 is 0 Å². The van der Waals surface area contributed by atoms with E-state index in [1.54, 1.807) is 0 Å². The normalized spacial score (nSPS) is 15.7. The number of hydrogen-bond acceptors (Lipinski definition) is 3. The van der Waals surface area contributed by atoms with E-state index >= 15 is 0 Å². The van der Waals surface area contributed by atoms with Crippen LogP contribution in [-0.2, 0) is 4.74 Å². The molecular formula is C15H27NO2. The summed E-state index contributed by atoms with van der Waals surface area (Å²) in [6.45, 7) is 11.3. The summed E-state index contributed by atoms with van der Waals surface area (Å²) in [5.41, 5.74) is 6.40. The van der Waals surface area contributed by atoms with Gasteiger partial charge in [0, 0.05) is 12.6 Å². The van der Waals surface area contributed by atoms with E-state index in [0.29, 0.717) is 6.61 Å². The van der Waals surface area contributed by atoms with Crippen LogP contribution < -0.4 is 5.73 Å². The fraction of sp³-hybridized carbons (Fsp3) is 0.733. The minimum atomic E-state index is -0.133. The van der Waals surface area contributed by atoms with Gasteiger partial charge in [0.25, 0.3) is 0 Å². The zero-order valence-corrected chi connectivity index (χ0v) is 12.3. The van der Waals surface area contributed by atoms with Crippen molar-refractivity contribution in [2.24, 2.45) is 11.1 Å². The van der Waals surface area contributed by atoms with Crippen LogP contribution in [0.2, 0.25) is 0 Å². The molecule has 0 aliphatic carbocycles. The van der Waals surface area contributed by atoms with Gasteiger partial charge in [-0.15, -0.1) is 0 Å². The Morgan fingerprint density at radius 2 is 2.00 bits per heavy atom. The number of ether oxygens (including phenoxy) is 1. The first-order valence-corrected chi connectivity index (χ1v) is 6.77. The molecule has 0 saturated carbocycles. The summed E-state index contributed by atoms with van der Waals surface area (Å²) in [7, 11) is 0. The first kappa shape index (κ1) is 15.3. The van der Waals surface area contributed by atoms with Crippen LogP contribution in [-0.4, -0.2) is 12.6 Å². The highest BCUT2D eigenvalue weighted by Gasteiger charge is 2.23. The summed E-state index contributed by atoms with van der Waals surface area (Å²) in [6, 6.07) is 3.90. The van der Waals surface area contributed by atoms with Gasteiger partial charge in [-0.05, 0) is 37.3 Å². The number of aryl methyl sites for hydroxylation is 1. The number of nitrogens with two attached hydrogens (primary N) is 1. The molecule has 0 saturated heterocycles. The fourth-order valence-electron chi connectivity index (χ4n) is 1.73. The molecule has 0 aliphatic rings. The Hall–Kier alpha value is -0.800. The topological polar surface area (TPSA) is 48.4 Å². The lowest BCUT2D eigenvalue weighted by Crippen LogP contribution is -2.30. The monoisotopic (exact) mass is 253 g/mol. The van der Waals surface area contributed by atoms with E-state index in [0.717, 1.165) is 24.4 Å². The Bertz CT molecular complexity index is 352. The van der Waals surface area contributed by atoms with Gasteiger partial charge < -0.3 is 14.9 Å². The van der Waals surface area contributed by atoms with Crippen LogP contribution >= 0.6 is 0 Å². The molecule has 1 rings (SSSR count). The third-order valence-electron chi connectivity index (χ3n) is 3.05. The molecule has 104 valence electrons. The van der Waals surface area contributed by atoms with Crippen LogP contribution in [0.15, 0.2) is 16.5 Å². The smallest absolute Gasteiger partial charge is 0.134 e. The Morgan fingerprint density at radius 3 is 2.44 bits per heavy atom. The Balaban J connectivity index is 2.62. The van der Waals surface area contributed by atoms with Crippen molar-refractivity contribution in [2.45, 2.75) is 59.6 Å².